The predicted molar refractivity (Wildman–Crippen MR) is 78.2 cm³/mol. The van der Waals surface area contributed by atoms with Gasteiger partial charge in [0.15, 0.2) is 5.16 Å². The number of nitrogen functional groups attached to an aromatic ring is 1. The molecule has 96 valence electrons. The molecule has 1 aliphatic rings. The van der Waals surface area contributed by atoms with Gasteiger partial charge < -0.3 is 10.6 Å². The maximum absolute atomic E-state index is 5.93. The molecule has 18 heavy (non-hydrogen) atoms. The summed E-state index contributed by atoms with van der Waals surface area (Å²) in [6.07, 6.45) is 2.69. The van der Waals surface area contributed by atoms with Crippen LogP contribution in [0.3, 0.4) is 0 Å². The van der Waals surface area contributed by atoms with Crippen molar-refractivity contribution in [1.29, 1.82) is 0 Å². The van der Waals surface area contributed by atoms with E-state index >= 15 is 0 Å². The molecule has 0 atom stereocenters. The number of nitrogens with zero attached hydrogens (tertiary/aromatic N) is 3. The van der Waals surface area contributed by atoms with E-state index in [0.29, 0.717) is 5.82 Å². The van der Waals surface area contributed by atoms with Gasteiger partial charge in [0.25, 0.3) is 0 Å². The Morgan fingerprint density at radius 1 is 1.33 bits per heavy atom. The number of rotatable bonds is 4. The molecule has 1 saturated heterocycles. The molecule has 0 aliphatic carbocycles. The summed E-state index contributed by atoms with van der Waals surface area (Å²) >= 11 is 3.32. The Morgan fingerprint density at radius 2 is 2.17 bits per heavy atom. The average molecular weight is 280 g/mol. The first-order chi connectivity index (χ1) is 8.83. The summed E-state index contributed by atoms with van der Waals surface area (Å²) in [6, 6.07) is 1.98. The lowest BCUT2D eigenvalue weighted by atomic mass is 10.4. The van der Waals surface area contributed by atoms with Crippen LogP contribution in [0.4, 0.5) is 5.82 Å². The topological polar surface area (TPSA) is 55.0 Å². The van der Waals surface area contributed by atoms with Crippen LogP contribution < -0.4 is 5.73 Å². The van der Waals surface area contributed by atoms with Crippen LogP contribution in [0.25, 0.3) is 10.2 Å². The molecular weight excluding hydrogens is 264 g/mol. The summed E-state index contributed by atoms with van der Waals surface area (Å²) in [5.41, 5.74) is 5.93. The van der Waals surface area contributed by atoms with Crippen LogP contribution in [0.1, 0.15) is 12.8 Å². The Hall–Kier alpha value is -0.850. The Balaban J connectivity index is 1.63. The van der Waals surface area contributed by atoms with E-state index in [1.807, 2.05) is 11.4 Å². The molecule has 0 bridgehead atoms. The van der Waals surface area contributed by atoms with Gasteiger partial charge in [-0.15, -0.1) is 11.3 Å². The lowest BCUT2D eigenvalue weighted by Gasteiger charge is -2.13. The van der Waals surface area contributed by atoms with Crippen LogP contribution in [0.5, 0.6) is 0 Å². The lowest BCUT2D eigenvalue weighted by molar-refractivity contribution is 0.362. The zero-order valence-electron chi connectivity index (χ0n) is 10.1. The van der Waals surface area contributed by atoms with Gasteiger partial charge in [0.1, 0.15) is 10.6 Å². The second-order valence-corrected chi connectivity index (χ2v) is 6.38. The van der Waals surface area contributed by atoms with Gasteiger partial charge in [-0.25, -0.2) is 9.97 Å². The van der Waals surface area contributed by atoms with Crippen LogP contribution in [-0.2, 0) is 0 Å². The number of anilines is 1. The number of hydrogen-bond donors (Lipinski definition) is 1. The van der Waals surface area contributed by atoms with Gasteiger partial charge >= 0.3 is 0 Å². The third kappa shape index (κ3) is 2.60. The van der Waals surface area contributed by atoms with Gasteiger partial charge in [0, 0.05) is 12.3 Å². The number of likely N-dealkylation sites (tertiary alicyclic amines) is 1. The van der Waals surface area contributed by atoms with Crippen molar-refractivity contribution < 1.29 is 0 Å². The number of hydrogen-bond acceptors (Lipinski definition) is 6. The number of thioether (sulfide) groups is 1. The molecule has 2 aromatic heterocycles. The maximum atomic E-state index is 5.93. The van der Waals surface area contributed by atoms with E-state index in [1.54, 1.807) is 23.1 Å². The molecule has 3 heterocycles. The van der Waals surface area contributed by atoms with E-state index in [9.17, 15) is 0 Å². The maximum Gasteiger partial charge on any atom is 0.190 e. The molecule has 0 unspecified atom stereocenters. The van der Waals surface area contributed by atoms with Crippen LogP contribution in [0.2, 0.25) is 0 Å². The normalized spacial score (nSPS) is 16.7. The average Bonchev–Trinajstić information content (AvgIpc) is 2.99. The minimum atomic E-state index is 0.602. The summed E-state index contributed by atoms with van der Waals surface area (Å²) in [7, 11) is 0. The second-order valence-electron chi connectivity index (χ2n) is 4.43. The molecule has 0 radical (unpaired) electrons. The highest BCUT2D eigenvalue weighted by Gasteiger charge is 2.12. The van der Waals surface area contributed by atoms with Crippen molar-refractivity contribution >= 4 is 39.1 Å². The minimum absolute atomic E-state index is 0.602. The Kier molecular flexibility index (Phi) is 3.67. The second kappa shape index (κ2) is 5.42. The molecule has 6 heteroatoms. The van der Waals surface area contributed by atoms with Crippen molar-refractivity contribution in [3.63, 3.8) is 0 Å². The Bertz CT molecular complexity index is 534. The first kappa shape index (κ1) is 12.2. The van der Waals surface area contributed by atoms with Crippen LogP contribution >= 0.6 is 23.1 Å². The lowest BCUT2D eigenvalue weighted by Crippen LogP contribution is -2.21. The van der Waals surface area contributed by atoms with Crippen molar-refractivity contribution in [3.05, 3.63) is 11.4 Å². The van der Waals surface area contributed by atoms with Gasteiger partial charge in [0.2, 0.25) is 0 Å². The van der Waals surface area contributed by atoms with Gasteiger partial charge in [-0.3, -0.25) is 0 Å². The molecule has 1 fully saturated rings. The molecule has 2 aromatic rings. The number of nitrogens with two attached hydrogens (primary N) is 1. The monoisotopic (exact) mass is 280 g/mol. The fourth-order valence-corrected chi connectivity index (χ4v) is 3.88. The van der Waals surface area contributed by atoms with Crippen LogP contribution in [0, 0.1) is 0 Å². The molecule has 0 spiro atoms. The third-order valence-electron chi connectivity index (χ3n) is 3.17. The summed E-state index contributed by atoms with van der Waals surface area (Å²) in [5.74, 6) is 1.64. The zero-order valence-corrected chi connectivity index (χ0v) is 11.8. The van der Waals surface area contributed by atoms with Crippen molar-refractivity contribution in [2.24, 2.45) is 0 Å². The third-order valence-corrected chi connectivity index (χ3v) is 4.81. The standard InChI is InChI=1S/C12H16N4S2/c13-10-9-3-7-17-11(9)15-12(14-10)18-8-6-16-4-1-2-5-16/h3,7H,1-2,4-6,8H2,(H2,13,14,15). The predicted octanol–water partition coefficient (Wildman–Crippen LogP) is 2.46. The first-order valence-electron chi connectivity index (χ1n) is 6.19. The Morgan fingerprint density at radius 3 is 3.00 bits per heavy atom. The van der Waals surface area contributed by atoms with Gasteiger partial charge in [-0.2, -0.15) is 0 Å². The summed E-state index contributed by atoms with van der Waals surface area (Å²) < 4.78 is 0. The van der Waals surface area contributed by atoms with Gasteiger partial charge in [-0.1, -0.05) is 11.8 Å². The van der Waals surface area contributed by atoms with Crippen LogP contribution in [-0.4, -0.2) is 40.3 Å². The highest BCUT2D eigenvalue weighted by Crippen LogP contribution is 2.26. The molecule has 0 saturated carbocycles. The number of thiophene rings is 1. The molecule has 3 rings (SSSR count). The molecule has 2 N–H and O–H groups in total. The molecule has 1 aliphatic heterocycles. The Labute approximate surface area is 115 Å². The van der Waals surface area contributed by atoms with E-state index in [0.717, 1.165) is 27.7 Å². The molecule has 4 nitrogen and oxygen atoms in total. The van der Waals surface area contributed by atoms with Gasteiger partial charge in [-0.05, 0) is 37.4 Å². The first-order valence-corrected chi connectivity index (χ1v) is 8.05. The largest absolute Gasteiger partial charge is 0.383 e. The fourth-order valence-electron chi connectivity index (χ4n) is 2.19. The van der Waals surface area contributed by atoms with Crippen molar-refractivity contribution in [3.8, 4) is 0 Å². The summed E-state index contributed by atoms with van der Waals surface area (Å²) in [6.45, 7) is 3.61. The molecular formula is C12H16N4S2. The summed E-state index contributed by atoms with van der Waals surface area (Å²) in [4.78, 5) is 12.4. The van der Waals surface area contributed by atoms with Crippen LogP contribution in [0.15, 0.2) is 16.6 Å². The van der Waals surface area contributed by atoms with E-state index in [4.69, 9.17) is 5.73 Å². The smallest absolute Gasteiger partial charge is 0.190 e. The molecule has 0 aromatic carbocycles. The fraction of sp³-hybridized carbons (Fsp3) is 0.500. The van der Waals surface area contributed by atoms with E-state index < -0.39 is 0 Å². The van der Waals surface area contributed by atoms with Crippen molar-refractivity contribution in [1.82, 2.24) is 14.9 Å². The van der Waals surface area contributed by atoms with Crippen molar-refractivity contribution in [2.45, 2.75) is 18.0 Å². The van der Waals surface area contributed by atoms with E-state index in [1.165, 1.54) is 25.9 Å². The van der Waals surface area contributed by atoms with Gasteiger partial charge in [0.05, 0.1) is 5.39 Å². The van der Waals surface area contributed by atoms with E-state index in [-0.39, 0.29) is 0 Å². The zero-order chi connectivity index (χ0) is 12.4. The molecule has 0 amide bonds. The van der Waals surface area contributed by atoms with Crippen molar-refractivity contribution in [2.75, 3.05) is 31.1 Å². The summed E-state index contributed by atoms with van der Waals surface area (Å²) in [5, 5.41) is 3.79. The number of fused-ring (bicyclic) bond motifs is 1. The highest BCUT2D eigenvalue weighted by molar-refractivity contribution is 7.99. The van der Waals surface area contributed by atoms with E-state index in [2.05, 4.69) is 14.9 Å². The SMILES string of the molecule is Nc1nc(SCCN2CCCC2)nc2sccc12. The quantitative estimate of drug-likeness (QED) is 0.688. The minimum Gasteiger partial charge on any atom is -0.383 e. The highest BCUT2D eigenvalue weighted by atomic mass is 32.2. The number of aromatic nitrogens is 2.